The highest BCUT2D eigenvalue weighted by Gasteiger charge is 2.39. The van der Waals surface area contributed by atoms with Gasteiger partial charge in [0.1, 0.15) is 5.75 Å². The normalized spacial score (nSPS) is 21.8. The molecule has 1 aromatic carbocycles. The average molecular weight is 403 g/mol. The summed E-state index contributed by atoms with van der Waals surface area (Å²) in [5.41, 5.74) is 6.21. The zero-order valence-corrected chi connectivity index (χ0v) is 16.2. The van der Waals surface area contributed by atoms with Crippen molar-refractivity contribution in [1.29, 1.82) is 0 Å². The summed E-state index contributed by atoms with van der Waals surface area (Å²) in [6.45, 7) is 1.13. The number of rotatable bonds is 4. The molecule has 4 rings (SSSR count). The summed E-state index contributed by atoms with van der Waals surface area (Å²) in [5, 5.41) is 0. The maximum Gasteiger partial charge on any atom is 0.252 e. The monoisotopic (exact) mass is 403 g/mol. The molecule has 28 heavy (non-hydrogen) atoms. The minimum atomic E-state index is -3.82. The van der Waals surface area contributed by atoms with Gasteiger partial charge in [0.05, 0.1) is 17.6 Å². The van der Waals surface area contributed by atoms with E-state index in [1.165, 1.54) is 35.7 Å². The van der Waals surface area contributed by atoms with Crippen LogP contribution in [-0.2, 0) is 16.6 Å². The number of pyridine rings is 1. The van der Waals surface area contributed by atoms with Gasteiger partial charge in [0.15, 0.2) is 0 Å². The minimum Gasteiger partial charge on any atom is -0.496 e. The van der Waals surface area contributed by atoms with E-state index in [4.69, 9.17) is 10.5 Å². The Morgan fingerprint density at radius 2 is 1.96 bits per heavy atom. The Bertz CT molecular complexity index is 1110. The molecule has 0 spiro atoms. The lowest BCUT2D eigenvalue weighted by Crippen LogP contribution is -2.49. The summed E-state index contributed by atoms with van der Waals surface area (Å²) >= 11 is 0. The van der Waals surface area contributed by atoms with Crippen LogP contribution in [-0.4, -0.2) is 43.4 Å². The number of carbonyl (C=O) groups excluding carboxylic acids is 1. The lowest BCUT2D eigenvalue weighted by Gasteiger charge is -2.42. The van der Waals surface area contributed by atoms with Crippen molar-refractivity contribution in [3.63, 3.8) is 0 Å². The Balaban J connectivity index is 1.70. The average Bonchev–Trinajstić information content (AvgIpc) is 2.68. The second-order valence-electron chi connectivity index (χ2n) is 7.25. The molecule has 148 valence electrons. The van der Waals surface area contributed by atoms with E-state index in [1.807, 2.05) is 6.07 Å². The number of nitrogens with zero attached hydrogens (tertiary/aromatic N) is 2. The summed E-state index contributed by atoms with van der Waals surface area (Å²) in [7, 11) is -2.43. The molecule has 2 bridgehead atoms. The fraction of sp³-hybridized carbons (Fsp3) is 0.368. The second-order valence-corrected chi connectivity index (χ2v) is 9.18. The van der Waals surface area contributed by atoms with Crippen LogP contribution in [0.3, 0.4) is 0 Å². The van der Waals surface area contributed by atoms with E-state index < -0.39 is 15.9 Å². The first-order valence-corrected chi connectivity index (χ1v) is 10.4. The lowest BCUT2D eigenvalue weighted by molar-refractivity contribution is 0.0997. The molecule has 1 fully saturated rings. The lowest BCUT2D eigenvalue weighted by atomic mass is 9.84. The van der Waals surface area contributed by atoms with Crippen molar-refractivity contribution in [2.45, 2.75) is 23.8 Å². The van der Waals surface area contributed by atoms with Gasteiger partial charge in [-0.05, 0) is 36.6 Å². The Kier molecular flexibility index (Phi) is 4.51. The Morgan fingerprint density at radius 1 is 1.18 bits per heavy atom. The summed E-state index contributed by atoms with van der Waals surface area (Å²) in [6, 6.07) is 9.25. The van der Waals surface area contributed by atoms with Gasteiger partial charge in [-0.25, -0.2) is 8.42 Å². The number of methoxy groups -OCH3 is 1. The van der Waals surface area contributed by atoms with Gasteiger partial charge in [0, 0.05) is 37.3 Å². The zero-order valence-electron chi connectivity index (χ0n) is 15.4. The summed E-state index contributed by atoms with van der Waals surface area (Å²) < 4.78 is 34.8. The fourth-order valence-corrected chi connectivity index (χ4v) is 5.83. The Morgan fingerprint density at radius 3 is 2.68 bits per heavy atom. The predicted molar refractivity (Wildman–Crippen MR) is 102 cm³/mol. The van der Waals surface area contributed by atoms with Crippen LogP contribution < -0.4 is 16.0 Å². The van der Waals surface area contributed by atoms with Crippen LogP contribution in [0.2, 0.25) is 0 Å². The summed E-state index contributed by atoms with van der Waals surface area (Å²) in [5.74, 6) is -0.493. The quantitative estimate of drug-likeness (QED) is 0.810. The van der Waals surface area contributed by atoms with E-state index in [9.17, 15) is 18.0 Å². The first-order valence-electron chi connectivity index (χ1n) is 8.99. The molecular weight excluding hydrogens is 382 g/mol. The van der Waals surface area contributed by atoms with Crippen LogP contribution in [0.15, 0.2) is 46.1 Å². The number of hydrogen-bond acceptors (Lipinski definition) is 5. The predicted octanol–water partition coefficient (Wildman–Crippen LogP) is 0.764. The van der Waals surface area contributed by atoms with Crippen LogP contribution in [0.4, 0.5) is 0 Å². The molecule has 2 aliphatic heterocycles. The van der Waals surface area contributed by atoms with Gasteiger partial charge < -0.3 is 15.0 Å². The maximum atomic E-state index is 13.2. The number of sulfonamides is 1. The number of carbonyl (C=O) groups is 1. The molecule has 1 aromatic heterocycles. The molecule has 8 nitrogen and oxygen atoms in total. The molecule has 2 unspecified atom stereocenters. The molecular formula is C19H21N3O5S. The largest absolute Gasteiger partial charge is 0.496 e. The number of ether oxygens (including phenoxy) is 1. The smallest absolute Gasteiger partial charge is 0.252 e. The molecule has 2 aromatic rings. The van der Waals surface area contributed by atoms with Crippen LogP contribution in [0.1, 0.15) is 28.4 Å². The van der Waals surface area contributed by atoms with Gasteiger partial charge in [0.25, 0.3) is 11.5 Å². The second kappa shape index (κ2) is 6.75. The van der Waals surface area contributed by atoms with E-state index >= 15 is 0 Å². The van der Waals surface area contributed by atoms with Gasteiger partial charge >= 0.3 is 0 Å². The summed E-state index contributed by atoms with van der Waals surface area (Å²) in [6.07, 6.45) is 0.852. The number of amides is 1. The first-order chi connectivity index (χ1) is 13.3. The van der Waals surface area contributed by atoms with Gasteiger partial charge in [-0.15, -0.1) is 0 Å². The molecule has 2 atom stereocenters. The topological polar surface area (TPSA) is 112 Å². The minimum absolute atomic E-state index is 0.00697. The first kappa shape index (κ1) is 18.7. The number of benzene rings is 1. The van der Waals surface area contributed by atoms with E-state index in [0.717, 1.165) is 12.1 Å². The van der Waals surface area contributed by atoms with Crippen molar-refractivity contribution in [3.05, 3.63) is 58.0 Å². The van der Waals surface area contributed by atoms with Crippen LogP contribution in [0.5, 0.6) is 5.75 Å². The molecule has 0 radical (unpaired) electrons. The third-order valence-corrected chi connectivity index (χ3v) is 7.35. The van der Waals surface area contributed by atoms with Crippen LogP contribution in [0, 0.1) is 5.92 Å². The molecule has 3 heterocycles. The number of hydrogen-bond donors (Lipinski definition) is 1. The van der Waals surface area contributed by atoms with Gasteiger partial charge in [-0.3, -0.25) is 9.59 Å². The Hall–Kier alpha value is -2.65. The standard InChI is InChI=1S/C19H21N3O5S/c1-27-17-6-5-14(8-15(17)19(20)24)28(25,26)21-9-12-7-13(11-21)16-3-2-4-18(23)22(16)10-12/h2-6,8,12-13H,7,9-11H2,1H3,(H2,20,24). The van der Waals surface area contributed by atoms with Crippen molar-refractivity contribution >= 4 is 15.9 Å². The van der Waals surface area contributed by atoms with Gasteiger partial charge in [-0.2, -0.15) is 4.31 Å². The summed E-state index contributed by atoms with van der Waals surface area (Å²) in [4.78, 5) is 23.8. The molecule has 1 saturated heterocycles. The molecule has 1 amide bonds. The number of nitrogens with two attached hydrogens (primary N) is 1. The molecule has 9 heteroatoms. The third kappa shape index (κ3) is 3.00. The van der Waals surface area contributed by atoms with E-state index in [1.54, 1.807) is 10.6 Å². The van der Waals surface area contributed by atoms with Gasteiger partial charge in [-0.1, -0.05) is 6.07 Å². The van der Waals surface area contributed by atoms with Crippen molar-refractivity contribution in [1.82, 2.24) is 8.87 Å². The highest BCUT2D eigenvalue weighted by molar-refractivity contribution is 7.89. The van der Waals surface area contributed by atoms with E-state index in [-0.39, 0.29) is 33.6 Å². The SMILES string of the molecule is COc1ccc(S(=O)(=O)N2CC3CC(C2)c2cccc(=O)n2C3)cc1C(N)=O. The van der Waals surface area contributed by atoms with Crippen LogP contribution >= 0.6 is 0 Å². The number of piperidine rings is 1. The van der Waals surface area contributed by atoms with Crippen LogP contribution in [0.25, 0.3) is 0 Å². The van der Waals surface area contributed by atoms with Crippen molar-refractivity contribution in [2.24, 2.45) is 11.7 Å². The highest BCUT2D eigenvalue weighted by atomic mass is 32.2. The van der Waals surface area contributed by atoms with E-state index in [0.29, 0.717) is 19.6 Å². The molecule has 0 aliphatic carbocycles. The van der Waals surface area contributed by atoms with Gasteiger partial charge in [0.2, 0.25) is 10.0 Å². The van der Waals surface area contributed by atoms with Crippen molar-refractivity contribution in [3.8, 4) is 5.75 Å². The number of fused-ring (bicyclic) bond motifs is 4. The zero-order chi connectivity index (χ0) is 20.1. The Labute approximate surface area is 162 Å². The molecule has 2 aliphatic rings. The number of primary amides is 1. The highest BCUT2D eigenvalue weighted by Crippen LogP contribution is 2.37. The fourth-order valence-electron chi connectivity index (χ4n) is 4.24. The van der Waals surface area contributed by atoms with E-state index in [2.05, 4.69) is 0 Å². The molecule has 0 saturated carbocycles. The van der Waals surface area contributed by atoms with Crippen molar-refractivity contribution < 1.29 is 17.9 Å². The number of aromatic nitrogens is 1. The van der Waals surface area contributed by atoms with Crippen molar-refractivity contribution in [2.75, 3.05) is 20.2 Å². The molecule has 2 N–H and O–H groups in total. The third-order valence-electron chi connectivity index (χ3n) is 5.52. The maximum absolute atomic E-state index is 13.2.